The highest BCUT2D eigenvalue weighted by atomic mass is 16.5. The van der Waals surface area contributed by atoms with Crippen molar-refractivity contribution >= 4 is 5.69 Å². The second-order valence-corrected chi connectivity index (χ2v) is 8.31. The number of benzene rings is 1. The lowest BCUT2D eigenvalue weighted by atomic mass is 9.54. The molecule has 0 aromatic heterocycles. The van der Waals surface area contributed by atoms with Crippen LogP contribution in [0.1, 0.15) is 56.6 Å². The maximum absolute atomic E-state index is 10.9. The van der Waals surface area contributed by atoms with Crippen molar-refractivity contribution in [3.05, 3.63) is 34.2 Å². The summed E-state index contributed by atoms with van der Waals surface area (Å²) in [5, 5.41) is 3.13. The summed E-state index contributed by atoms with van der Waals surface area (Å²) in [4.78, 5) is 10.9. The number of nitroso groups, excluding NO2 is 1. The van der Waals surface area contributed by atoms with Gasteiger partial charge >= 0.3 is 0 Å². The van der Waals surface area contributed by atoms with Crippen molar-refractivity contribution in [1.29, 1.82) is 0 Å². The van der Waals surface area contributed by atoms with Gasteiger partial charge in [-0.3, -0.25) is 0 Å². The number of fused-ring (bicyclic) bond motifs is 5. The van der Waals surface area contributed by atoms with Gasteiger partial charge in [0.2, 0.25) is 0 Å². The number of rotatable bonds is 4. The molecule has 0 saturated heterocycles. The van der Waals surface area contributed by atoms with Crippen molar-refractivity contribution in [2.75, 3.05) is 13.7 Å². The van der Waals surface area contributed by atoms with E-state index in [4.69, 9.17) is 9.47 Å². The fourth-order valence-corrected chi connectivity index (χ4v) is 6.39. The average Bonchev–Trinajstić information content (AvgIpc) is 2.97. The molecule has 2 fully saturated rings. The van der Waals surface area contributed by atoms with Gasteiger partial charge < -0.3 is 9.47 Å². The molecule has 0 aliphatic heterocycles. The van der Waals surface area contributed by atoms with Gasteiger partial charge in [-0.1, -0.05) is 13.0 Å². The van der Waals surface area contributed by atoms with Gasteiger partial charge in [-0.25, -0.2) is 0 Å². The van der Waals surface area contributed by atoms with Crippen LogP contribution in [0.2, 0.25) is 0 Å². The van der Waals surface area contributed by atoms with Gasteiger partial charge in [0.1, 0.15) is 5.69 Å². The van der Waals surface area contributed by atoms with Crippen LogP contribution in [-0.4, -0.2) is 25.9 Å². The summed E-state index contributed by atoms with van der Waals surface area (Å²) in [5.41, 5.74) is 3.46. The molecule has 0 bridgehead atoms. The van der Waals surface area contributed by atoms with E-state index in [1.165, 1.54) is 30.4 Å². The lowest BCUT2D eigenvalue weighted by Gasteiger charge is -2.53. The van der Waals surface area contributed by atoms with Crippen molar-refractivity contribution in [2.24, 2.45) is 22.4 Å². The third-order valence-corrected chi connectivity index (χ3v) is 7.35. The van der Waals surface area contributed by atoms with Crippen molar-refractivity contribution in [1.82, 2.24) is 0 Å². The van der Waals surface area contributed by atoms with Crippen LogP contribution in [0, 0.1) is 22.2 Å². The quantitative estimate of drug-likeness (QED) is 0.725. The van der Waals surface area contributed by atoms with E-state index in [1.54, 1.807) is 0 Å². The van der Waals surface area contributed by atoms with Gasteiger partial charge in [0.25, 0.3) is 0 Å². The summed E-state index contributed by atoms with van der Waals surface area (Å²) in [6, 6.07) is 6.00. The number of hydrogen-bond acceptors (Lipinski definition) is 4. The van der Waals surface area contributed by atoms with Crippen LogP contribution in [0.3, 0.4) is 0 Å². The highest BCUT2D eigenvalue weighted by molar-refractivity contribution is 5.47. The molecule has 25 heavy (non-hydrogen) atoms. The van der Waals surface area contributed by atoms with E-state index in [1.807, 2.05) is 19.2 Å². The molecule has 0 N–H and O–H groups in total. The number of methoxy groups -OCH3 is 1. The van der Waals surface area contributed by atoms with Crippen molar-refractivity contribution < 1.29 is 9.47 Å². The van der Waals surface area contributed by atoms with Crippen molar-refractivity contribution in [3.63, 3.8) is 0 Å². The van der Waals surface area contributed by atoms with E-state index < -0.39 is 0 Å². The molecule has 0 spiro atoms. The number of ether oxygens (including phenoxy) is 2. The molecule has 6 atom stereocenters. The molecule has 136 valence electrons. The van der Waals surface area contributed by atoms with Crippen LogP contribution < -0.4 is 0 Å². The molecule has 4 heteroatoms. The van der Waals surface area contributed by atoms with E-state index in [0.717, 1.165) is 19.4 Å². The first-order chi connectivity index (χ1) is 12.1. The Hall–Kier alpha value is -1.26. The van der Waals surface area contributed by atoms with Crippen LogP contribution >= 0.6 is 0 Å². The Morgan fingerprint density at radius 1 is 1.28 bits per heavy atom. The maximum atomic E-state index is 10.9. The molecule has 1 aromatic carbocycles. The molecular formula is C21H29NO3. The minimum atomic E-state index is 0.220. The summed E-state index contributed by atoms with van der Waals surface area (Å²) in [7, 11) is 1.87. The second-order valence-electron chi connectivity index (χ2n) is 8.31. The van der Waals surface area contributed by atoms with Gasteiger partial charge in [0.15, 0.2) is 0 Å². The Morgan fingerprint density at radius 2 is 2.12 bits per heavy atom. The van der Waals surface area contributed by atoms with Crippen LogP contribution in [0.4, 0.5) is 5.69 Å². The van der Waals surface area contributed by atoms with E-state index in [-0.39, 0.29) is 11.5 Å². The average molecular weight is 343 g/mol. The first kappa shape index (κ1) is 17.2. The van der Waals surface area contributed by atoms with Crippen molar-refractivity contribution in [2.45, 2.75) is 64.1 Å². The second kappa shape index (κ2) is 6.48. The smallest absolute Gasteiger partial charge is 0.108 e. The summed E-state index contributed by atoms with van der Waals surface area (Å²) >= 11 is 0. The Kier molecular flexibility index (Phi) is 4.45. The Bertz CT molecular complexity index is 661. The Morgan fingerprint density at radius 3 is 2.84 bits per heavy atom. The predicted octanol–water partition coefficient (Wildman–Crippen LogP) is 4.97. The van der Waals surface area contributed by atoms with Crippen molar-refractivity contribution in [3.8, 4) is 0 Å². The largest absolute Gasteiger partial charge is 0.381 e. The van der Waals surface area contributed by atoms with E-state index in [2.05, 4.69) is 25.1 Å². The van der Waals surface area contributed by atoms with E-state index in [9.17, 15) is 4.91 Å². The number of nitrogens with zero attached hydrogens (tertiary/aromatic N) is 1. The standard InChI is InChI=1S/C21H29NO3/c1-4-25-18-12-21(2)17(9-10-19(21)24-3)16-7-5-13-11-14(22-23)6-8-15(13)20(16)18/h6,8,11,16-20H,4-5,7,9-10,12H2,1-3H3/t16?,17?,18-,19+,20?,21+/m1/s1. The minimum Gasteiger partial charge on any atom is -0.381 e. The highest BCUT2D eigenvalue weighted by Gasteiger charge is 2.58. The van der Waals surface area contributed by atoms with Gasteiger partial charge in [0.05, 0.1) is 12.2 Å². The topological polar surface area (TPSA) is 47.9 Å². The molecule has 3 unspecified atom stereocenters. The molecule has 0 radical (unpaired) electrons. The summed E-state index contributed by atoms with van der Waals surface area (Å²) in [6.07, 6.45) is 6.31. The number of aryl methyl sites for hydroxylation is 1. The van der Waals surface area contributed by atoms with Crippen LogP contribution in [0.5, 0.6) is 0 Å². The third-order valence-electron chi connectivity index (χ3n) is 7.35. The first-order valence-electron chi connectivity index (χ1n) is 9.73. The fraction of sp³-hybridized carbons (Fsp3) is 0.714. The molecule has 4 nitrogen and oxygen atoms in total. The molecular weight excluding hydrogens is 314 g/mol. The van der Waals surface area contributed by atoms with Crippen LogP contribution in [0.15, 0.2) is 23.4 Å². The van der Waals surface area contributed by atoms with E-state index >= 15 is 0 Å². The molecule has 0 amide bonds. The summed E-state index contributed by atoms with van der Waals surface area (Å²) in [6.45, 7) is 5.26. The van der Waals surface area contributed by atoms with Gasteiger partial charge in [-0.2, -0.15) is 0 Å². The molecule has 2 saturated carbocycles. The Labute approximate surface area is 150 Å². The molecule has 3 aliphatic rings. The zero-order valence-electron chi connectivity index (χ0n) is 15.5. The number of hydrogen-bond donors (Lipinski definition) is 0. The normalized spacial score (nSPS) is 39.4. The summed E-state index contributed by atoms with van der Waals surface area (Å²) in [5.74, 6) is 1.80. The highest BCUT2D eigenvalue weighted by Crippen LogP contribution is 2.62. The molecule has 3 aliphatic carbocycles. The molecule has 1 aromatic rings. The van der Waals surface area contributed by atoms with E-state index in [0.29, 0.717) is 29.5 Å². The third kappa shape index (κ3) is 2.57. The molecule has 4 rings (SSSR count). The van der Waals surface area contributed by atoms with Gasteiger partial charge in [0, 0.05) is 19.6 Å². The first-order valence-corrected chi connectivity index (χ1v) is 9.73. The fourth-order valence-electron chi connectivity index (χ4n) is 6.39. The van der Waals surface area contributed by atoms with Gasteiger partial charge in [-0.15, -0.1) is 4.91 Å². The van der Waals surface area contributed by atoms with Crippen LogP contribution in [0.25, 0.3) is 0 Å². The lowest BCUT2D eigenvalue weighted by Crippen LogP contribution is -2.51. The van der Waals surface area contributed by atoms with Crippen LogP contribution in [-0.2, 0) is 15.9 Å². The van der Waals surface area contributed by atoms with Gasteiger partial charge in [-0.05, 0) is 84.7 Å². The SMILES string of the molecule is CCO[C@@H]1C[C@@]2(C)C(CC[C@@H]2OC)C2CCc3cc(N=O)ccc3C21. The zero-order valence-corrected chi connectivity index (χ0v) is 15.5. The summed E-state index contributed by atoms with van der Waals surface area (Å²) < 4.78 is 12.2. The maximum Gasteiger partial charge on any atom is 0.108 e. The zero-order chi connectivity index (χ0) is 17.6. The monoisotopic (exact) mass is 343 g/mol. The minimum absolute atomic E-state index is 0.220. The predicted molar refractivity (Wildman–Crippen MR) is 98.1 cm³/mol. The lowest BCUT2D eigenvalue weighted by molar-refractivity contribution is -0.111. The molecule has 0 heterocycles. The Balaban J connectivity index is 1.75.